The zero-order valence-corrected chi connectivity index (χ0v) is 15.3. The van der Waals surface area contributed by atoms with Crippen molar-refractivity contribution in [2.24, 2.45) is 0 Å². The standard InChI is InChI=1S/C15H21ClIN3O/c1-19(2)15(21)10-20-7-5-12(6-8-20)18-14-4-3-11(16)9-13(14)17/h3-4,9,12,18H,5-8,10H2,1-2H3. The number of likely N-dealkylation sites (tertiary alicyclic amines) is 1. The monoisotopic (exact) mass is 421 g/mol. The Labute approximate surface area is 145 Å². The normalized spacial score (nSPS) is 16.8. The van der Waals surface area contributed by atoms with Gasteiger partial charge in [-0.15, -0.1) is 0 Å². The van der Waals surface area contributed by atoms with Crippen molar-refractivity contribution >= 4 is 45.8 Å². The van der Waals surface area contributed by atoms with E-state index in [-0.39, 0.29) is 5.91 Å². The summed E-state index contributed by atoms with van der Waals surface area (Å²) in [5.41, 5.74) is 1.14. The molecule has 4 nitrogen and oxygen atoms in total. The number of hydrogen-bond donors (Lipinski definition) is 1. The van der Waals surface area contributed by atoms with Crippen LogP contribution in [0.25, 0.3) is 0 Å². The molecular formula is C15H21ClIN3O. The predicted molar refractivity (Wildman–Crippen MR) is 95.9 cm³/mol. The molecule has 1 amide bonds. The highest BCUT2D eigenvalue weighted by atomic mass is 127. The highest BCUT2D eigenvalue weighted by Gasteiger charge is 2.21. The van der Waals surface area contributed by atoms with E-state index in [2.05, 4.69) is 32.8 Å². The highest BCUT2D eigenvalue weighted by molar-refractivity contribution is 14.1. The van der Waals surface area contributed by atoms with Crippen LogP contribution in [0.1, 0.15) is 12.8 Å². The van der Waals surface area contributed by atoms with E-state index in [0.717, 1.165) is 40.2 Å². The van der Waals surface area contributed by atoms with Gasteiger partial charge in [0.25, 0.3) is 0 Å². The van der Waals surface area contributed by atoms with E-state index >= 15 is 0 Å². The lowest BCUT2D eigenvalue weighted by atomic mass is 10.0. The first-order chi connectivity index (χ1) is 9.95. The van der Waals surface area contributed by atoms with E-state index in [0.29, 0.717) is 12.6 Å². The van der Waals surface area contributed by atoms with E-state index in [1.165, 1.54) is 0 Å². The molecule has 1 N–H and O–H groups in total. The lowest BCUT2D eigenvalue weighted by Crippen LogP contribution is -2.44. The molecule has 1 aliphatic heterocycles. The van der Waals surface area contributed by atoms with Gasteiger partial charge in [-0.1, -0.05) is 11.6 Å². The fraction of sp³-hybridized carbons (Fsp3) is 0.533. The third-order valence-electron chi connectivity index (χ3n) is 3.74. The van der Waals surface area contributed by atoms with Gasteiger partial charge in [0.2, 0.25) is 5.91 Å². The summed E-state index contributed by atoms with van der Waals surface area (Å²) in [6, 6.07) is 6.38. The van der Waals surface area contributed by atoms with Gasteiger partial charge < -0.3 is 10.2 Å². The number of carbonyl (C=O) groups excluding carboxylic acids is 1. The molecule has 1 aromatic carbocycles. The van der Waals surface area contributed by atoms with Crippen LogP contribution in [0.5, 0.6) is 0 Å². The van der Waals surface area contributed by atoms with Crippen LogP contribution in [-0.2, 0) is 4.79 Å². The van der Waals surface area contributed by atoms with Gasteiger partial charge in [0, 0.05) is 47.5 Å². The molecule has 0 aliphatic carbocycles. The van der Waals surface area contributed by atoms with Gasteiger partial charge in [-0.25, -0.2) is 0 Å². The molecule has 21 heavy (non-hydrogen) atoms. The lowest BCUT2D eigenvalue weighted by Gasteiger charge is -2.33. The maximum absolute atomic E-state index is 11.7. The summed E-state index contributed by atoms with van der Waals surface area (Å²) in [5, 5.41) is 4.35. The first-order valence-corrected chi connectivity index (χ1v) is 8.55. The van der Waals surface area contributed by atoms with Gasteiger partial charge in [0.1, 0.15) is 0 Å². The molecule has 0 bridgehead atoms. The average molecular weight is 422 g/mol. The molecule has 0 spiro atoms. The molecule has 0 aromatic heterocycles. The van der Waals surface area contributed by atoms with Crippen LogP contribution in [-0.4, -0.2) is 55.5 Å². The molecule has 1 heterocycles. The molecule has 1 aliphatic rings. The van der Waals surface area contributed by atoms with Crippen molar-refractivity contribution in [1.82, 2.24) is 9.80 Å². The Morgan fingerprint density at radius 2 is 2.10 bits per heavy atom. The zero-order chi connectivity index (χ0) is 15.4. The molecule has 0 radical (unpaired) electrons. The third-order valence-corrected chi connectivity index (χ3v) is 4.86. The summed E-state index contributed by atoms with van der Waals surface area (Å²) in [6.07, 6.45) is 2.11. The zero-order valence-electron chi connectivity index (χ0n) is 12.4. The SMILES string of the molecule is CN(C)C(=O)CN1CCC(Nc2ccc(Cl)cc2I)CC1. The summed E-state index contributed by atoms with van der Waals surface area (Å²) in [7, 11) is 3.61. The number of rotatable bonds is 4. The number of anilines is 1. The topological polar surface area (TPSA) is 35.6 Å². The molecule has 0 saturated carbocycles. The highest BCUT2D eigenvalue weighted by Crippen LogP contribution is 2.24. The van der Waals surface area contributed by atoms with Crippen molar-refractivity contribution in [2.75, 3.05) is 39.0 Å². The second-order valence-corrected chi connectivity index (χ2v) is 7.21. The second kappa shape index (κ2) is 7.65. The number of benzene rings is 1. The first kappa shape index (κ1) is 16.8. The van der Waals surface area contributed by atoms with Gasteiger partial charge >= 0.3 is 0 Å². The van der Waals surface area contributed by atoms with Gasteiger partial charge in [0.05, 0.1) is 6.54 Å². The van der Waals surface area contributed by atoms with Crippen molar-refractivity contribution in [3.8, 4) is 0 Å². The number of likely N-dealkylation sites (N-methyl/N-ethyl adjacent to an activating group) is 1. The van der Waals surface area contributed by atoms with E-state index in [9.17, 15) is 4.79 Å². The minimum Gasteiger partial charge on any atom is -0.381 e. The van der Waals surface area contributed by atoms with Gasteiger partial charge in [0.15, 0.2) is 0 Å². The summed E-state index contributed by atoms with van der Waals surface area (Å²) in [5.74, 6) is 0.175. The Kier molecular flexibility index (Phi) is 6.13. The maximum atomic E-state index is 11.7. The fourth-order valence-electron chi connectivity index (χ4n) is 2.39. The van der Waals surface area contributed by atoms with E-state index < -0.39 is 0 Å². The molecule has 116 valence electrons. The fourth-order valence-corrected chi connectivity index (χ4v) is 3.42. The Morgan fingerprint density at radius 3 is 2.67 bits per heavy atom. The minimum atomic E-state index is 0.175. The number of nitrogens with zero attached hydrogens (tertiary/aromatic N) is 2. The average Bonchev–Trinajstić information content (AvgIpc) is 2.43. The van der Waals surface area contributed by atoms with E-state index in [1.54, 1.807) is 19.0 Å². The number of hydrogen-bond acceptors (Lipinski definition) is 3. The third kappa shape index (κ3) is 5.00. The number of amides is 1. The van der Waals surface area contributed by atoms with Crippen molar-refractivity contribution in [2.45, 2.75) is 18.9 Å². The van der Waals surface area contributed by atoms with Crippen molar-refractivity contribution < 1.29 is 4.79 Å². The molecule has 1 fully saturated rings. The number of nitrogens with one attached hydrogen (secondary N) is 1. The molecule has 1 aromatic rings. The van der Waals surface area contributed by atoms with Crippen LogP contribution < -0.4 is 5.32 Å². The second-order valence-electron chi connectivity index (χ2n) is 5.61. The van der Waals surface area contributed by atoms with Gasteiger partial charge in [-0.05, 0) is 53.6 Å². The van der Waals surface area contributed by atoms with Crippen LogP contribution in [0.4, 0.5) is 5.69 Å². The molecule has 0 atom stereocenters. The van der Waals surface area contributed by atoms with Crippen molar-refractivity contribution in [3.05, 3.63) is 26.8 Å². The quantitative estimate of drug-likeness (QED) is 0.760. The first-order valence-electron chi connectivity index (χ1n) is 7.10. The van der Waals surface area contributed by atoms with Crippen LogP contribution in [0, 0.1) is 3.57 Å². The van der Waals surface area contributed by atoms with Crippen LogP contribution >= 0.6 is 34.2 Å². The molecule has 0 unspecified atom stereocenters. The summed E-state index contributed by atoms with van der Waals surface area (Å²) >= 11 is 8.28. The minimum absolute atomic E-state index is 0.175. The number of piperidine rings is 1. The van der Waals surface area contributed by atoms with Crippen LogP contribution in [0.2, 0.25) is 5.02 Å². The molecule has 6 heteroatoms. The summed E-state index contributed by atoms with van der Waals surface area (Å²) in [4.78, 5) is 15.6. The van der Waals surface area contributed by atoms with E-state index in [1.807, 2.05) is 18.2 Å². The predicted octanol–water partition coefficient (Wildman–Crippen LogP) is 2.91. The van der Waals surface area contributed by atoms with Crippen molar-refractivity contribution in [3.63, 3.8) is 0 Å². The van der Waals surface area contributed by atoms with Crippen molar-refractivity contribution in [1.29, 1.82) is 0 Å². The lowest BCUT2D eigenvalue weighted by molar-refractivity contribution is -0.130. The van der Waals surface area contributed by atoms with Gasteiger partial charge in [-0.2, -0.15) is 0 Å². The Bertz CT molecular complexity index is 502. The maximum Gasteiger partial charge on any atom is 0.236 e. The Hall–Kier alpha value is -0.530. The largest absolute Gasteiger partial charge is 0.381 e. The molecule has 1 saturated heterocycles. The smallest absolute Gasteiger partial charge is 0.236 e. The Morgan fingerprint density at radius 1 is 1.43 bits per heavy atom. The number of halogens is 2. The molecule has 2 rings (SSSR count). The summed E-state index contributed by atoms with van der Waals surface area (Å²) < 4.78 is 1.14. The molecular weight excluding hydrogens is 401 g/mol. The number of carbonyl (C=O) groups is 1. The summed E-state index contributed by atoms with van der Waals surface area (Å²) in [6.45, 7) is 2.45. The van der Waals surface area contributed by atoms with Crippen LogP contribution in [0.15, 0.2) is 18.2 Å². The van der Waals surface area contributed by atoms with E-state index in [4.69, 9.17) is 11.6 Å². The van der Waals surface area contributed by atoms with Gasteiger partial charge in [-0.3, -0.25) is 9.69 Å². The Balaban J connectivity index is 1.83. The van der Waals surface area contributed by atoms with Crippen LogP contribution in [0.3, 0.4) is 0 Å².